The summed E-state index contributed by atoms with van der Waals surface area (Å²) >= 11 is 0. The maximum Gasteiger partial charge on any atom is 0.224 e. The topological polar surface area (TPSA) is 83.3 Å². The van der Waals surface area contributed by atoms with Crippen molar-refractivity contribution in [2.75, 3.05) is 13.1 Å². The Morgan fingerprint density at radius 2 is 2.12 bits per heavy atom. The molecule has 5 aliphatic rings. The minimum absolute atomic E-state index is 0.158. The Bertz CT molecular complexity index is 679. The Labute approximate surface area is 154 Å². The monoisotopic (exact) mass is 359 g/mol. The lowest BCUT2D eigenvalue weighted by Gasteiger charge is -2.49. The first-order valence-electron chi connectivity index (χ1n) is 10.3. The van der Waals surface area contributed by atoms with Crippen molar-refractivity contribution in [2.45, 2.75) is 75.6 Å². The maximum atomic E-state index is 12.5. The molecule has 2 bridgehead atoms. The van der Waals surface area contributed by atoms with Gasteiger partial charge in [-0.05, 0) is 51.0 Å². The SMILES string of the molecule is O=C(NC1CC1)[C@H]1CN2CC[C@H]1C[C@@H]2Cn1cc(C2(O)CCCC2)nn1. The van der Waals surface area contributed by atoms with E-state index in [1.54, 1.807) is 0 Å². The van der Waals surface area contributed by atoms with Gasteiger partial charge in [0.1, 0.15) is 11.3 Å². The summed E-state index contributed by atoms with van der Waals surface area (Å²) in [6, 6.07) is 0.871. The molecular formula is C19H29N5O2. The van der Waals surface area contributed by atoms with E-state index in [4.69, 9.17) is 0 Å². The Balaban J connectivity index is 1.22. The molecule has 142 valence electrons. The largest absolute Gasteiger partial charge is 0.383 e. The number of hydrogen-bond donors (Lipinski definition) is 2. The van der Waals surface area contributed by atoms with Crippen LogP contribution in [-0.4, -0.2) is 56.1 Å². The van der Waals surface area contributed by atoms with E-state index >= 15 is 0 Å². The highest BCUT2D eigenvalue weighted by Gasteiger charge is 2.44. The third kappa shape index (κ3) is 3.05. The number of carbonyl (C=O) groups excluding carboxylic acids is 1. The van der Waals surface area contributed by atoms with Crippen LogP contribution in [-0.2, 0) is 16.9 Å². The van der Waals surface area contributed by atoms with E-state index in [0.717, 1.165) is 76.7 Å². The van der Waals surface area contributed by atoms with Crippen molar-refractivity contribution in [3.8, 4) is 0 Å². The Hall–Kier alpha value is -1.47. The van der Waals surface area contributed by atoms with Crippen LogP contribution in [0.4, 0.5) is 0 Å². The van der Waals surface area contributed by atoms with Gasteiger partial charge in [0.05, 0.1) is 18.7 Å². The average Bonchev–Trinajstić information content (AvgIpc) is 3.14. The molecule has 1 aromatic rings. The summed E-state index contributed by atoms with van der Waals surface area (Å²) in [5, 5.41) is 22.4. The first-order valence-corrected chi connectivity index (χ1v) is 10.3. The summed E-state index contributed by atoms with van der Waals surface area (Å²) in [6.45, 7) is 2.75. The van der Waals surface area contributed by atoms with Crippen LogP contribution in [0.1, 0.15) is 57.1 Å². The molecule has 3 aliphatic heterocycles. The van der Waals surface area contributed by atoms with E-state index in [0.29, 0.717) is 18.0 Å². The second-order valence-corrected chi connectivity index (χ2v) is 8.89. The predicted molar refractivity (Wildman–Crippen MR) is 95.1 cm³/mol. The van der Waals surface area contributed by atoms with E-state index in [1.165, 1.54) is 0 Å². The zero-order chi connectivity index (χ0) is 17.7. The van der Waals surface area contributed by atoms with Crippen LogP contribution in [0.25, 0.3) is 0 Å². The number of rotatable bonds is 5. The van der Waals surface area contributed by atoms with Crippen molar-refractivity contribution in [3.05, 3.63) is 11.9 Å². The molecule has 7 nitrogen and oxygen atoms in total. The molecule has 3 saturated heterocycles. The minimum atomic E-state index is -0.768. The van der Waals surface area contributed by atoms with E-state index < -0.39 is 5.60 Å². The van der Waals surface area contributed by atoms with Gasteiger partial charge < -0.3 is 10.4 Å². The van der Waals surface area contributed by atoms with E-state index in [9.17, 15) is 9.90 Å². The lowest BCUT2D eigenvalue weighted by molar-refractivity contribution is -0.133. The fourth-order valence-electron chi connectivity index (χ4n) is 5.19. The van der Waals surface area contributed by atoms with E-state index in [-0.39, 0.29) is 11.8 Å². The normalized spacial score (nSPS) is 35.6. The van der Waals surface area contributed by atoms with Gasteiger partial charge in [-0.25, -0.2) is 0 Å². The Morgan fingerprint density at radius 3 is 2.81 bits per heavy atom. The highest BCUT2D eigenvalue weighted by Crippen LogP contribution is 2.39. The molecule has 0 aromatic carbocycles. The average molecular weight is 359 g/mol. The number of nitrogens with zero attached hydrogens (tertiary/aromatic N) is 4. The summed E-state index contributed by atoms with van der Waals surface area (Å²) in [5.41, 5.74) is -0.0384. The molecular weight excluding hydrogens is 330 g/mol. The number of aliphatic hydroxyl groups is 1. The Kier molecular flexibility index (Phi) is 4.05. The zero-order valence-electron chi connectivity index (χ0n) is 15.3. The van der Waals surface area contributed by atoms with Crippen LogP contribution in [0.2, 0.25) is 0 Å². The van der Waals surface area contributed by atoms with E-state index in [1.807, 2.05) is 10.9 Å². The fourth-order valence-corrected chi connectivity index (χ4v) is 5.19. The van der Waals surface area contributed by atoms with Crippen LogP contribution < -0.4 is 5.32 Å². The van der Waals surface area contributed by atoms with Gasteiger partial charge >= 0.3 is 0 Å². The van der Waals surface area contributed by atoms with Crippen molar-refractivity contribution < 1.29 is 9.90 Å². The van der Waals surface area contributed by atoms with Crippen LogP contribution >= 0.6 is 0 Å². The Morgan fingerprint density at radius 1 is 1.31 bits per heavy atom. The second-order valence-electron chi connectivity index (χ2n) is 8.89. The van der Waals surface area contributed by atoms with Gasteiger partial charge in [0.2, 0.25) is 5.91 Å². The lowest BCUT2D eigenvalue weighted by Crippen LogP contribution is -2.58. The van der Waals surface area contributed by atoms with Crippen molar-refractivity contribution in [3.63, 3.8) is 0 Å². The van der Waals surface area contributed by atoms with Gasteiger partial charge in [-0.15, -0.1) is 5.10 Å². The van der Waals surface area contributed by atoms with Gasteiger partial charge in [0, 0.05) is 18.6 Å². The molecule has 6 rings (SSSR count). The molecule has 1 unspecified atom stereocenters. The van der Waals surface area contributed by atoms with Crippen LogP contribution in [0.3, 0.4) is 0 Å². The van der Waals surface area contributed by atoms with Gasteiger partial charge in [0.15, 0.2) is 0 Å². The first-order chi connectivity index (χ1) is 12.6. The highest BCUT2D eigenvalue weighted by atomic mass is 16.3. The van der Waals surface area contributed by atoms with Gasteiger partial charge in [-0.1, -0.05) is 18.1 Å². The zero-order valence-corrected chi connectivity index (χ0v) is 15.3. The molecule has 26 heavy (non-hydrogen) atoms. The lowest BCUT2D eigenvalue weighted by atomic mass is 9.75. The summed E-state index contributed by atoms with van der Waals surface area (Å²) in [7, 11) is 0. The van der Waals surface area contributed by atoms with Crippen LogP contribution in [0, 0.1) is 11.8 Å². The molecule has 4 heterocycles. The smallest absolute Gasteiger partial charge is 0.224 e. The van der Waals surface area contributed by atoms with Crippen molar-refractivity contribution in [1.82, 2.24) is 25.2 Å². The molecule has 2 saturated carbocycles. The number of fused-ring (bicyclic) bond motifs is 3. The summed E-state index contributed by atoms with van der Waals surface area (Å²) in [5.74, 6) is 0.920. The summed E-state index contributed by atoms with van der Waals surface area (Å²) < 4.78 is 1.90. The number of nitrogens with one attached hydrogen (secondary N) is 1. The van der Waals surface area contributed by atoms with Crippen molar-refractivity contribution in [2.24, 2.45) is 11.8 Å². The number of hydrogen-bond acceptors (Lipinski definition) is 5. The van der Waals surface area contributed by atoms with Gasteiger partial charge in [-0.3, -0.25) is 14.4 Å². The van der Waals surface area contributed by atoms with E-state index in [2.05, 4.69) is 20.5 Å². The standard InChI is InChI=1S/C19H29N5O2/c25-18(20-14-3-4-14)16-11-23-8-5-13(16)9-15(23)10-24-12-17(21-22-24)19(26)6-1-2-7-19/h12-16,26H,1-11H2,(H,20,25)/t13-,15+,16-/m0/s1. The van der Waals surface area contributed by atoms with Crippen molar-refractivity contribution in [1.29, 1.82) is 0 Å². The summed E-state index contributed by atoms with van der Waals surface area (Å²) in [6.07, 6.45) is 10.1. The molecule has 2 N–H and O–H groups in total. The molecule has 2 aliphatic carbocycles. The fraction of sp³-hybridized carbons (Fsp3) is 0.842. The predicted octanol–water partition coefficient (Wildman–Crippen LogP) is 1.03. The van der Waals surface area contributed by atoms with Crippen molar-refractivity contribution >= 4 is 5.91 Å². The minimum Gasteiger partial charge on any atom is -0.383 e. The van der Waals surface area contributed by atoms with Gasteiger partial charge in [-0.2, -0.15) is 0 Å². The third-order valence-corrected chi connectivity index (χ3v) is 6.98. The molecule has 4 atom stereocenters. The quantitative estimate of drug-likeness (QED) is 0.820. The third-order valence-electron chi connectivity index (χ3n) is 6.98. The molecule has 1 amide bonds. The molecule has 0 radical (unpaired) electrons. The van der Waals surface area contributed by atoms with Crippen LogP contribution in [0.15, 0.2) is 6.20 Å². The first kappa shape index (κ1) is 16.7. The molecule has 5 fully saturated rings. The number of aromatic nitrogens is 3. The number of piperidine rings is 3. The maximum absolute atomic E-state index is 12.5. The molecule has 7 heteroatoms. The number of carbonyl (C=O) groups is 1. The number of amides is 1. The van der Waals surface area contributed by atoms with Crippen LogP contribution in [0.5, 0.6) is 0 Å². The molecule has 1 aromatic heterocycles. The highest BCUT2D eigenvalue weighted by molar-refractivity contribution is 5.80. The molecule has 0 spiro atoms. The second kappa shape index (κ2) is 6.30. The van der Waals surface area contributed by atoms with Gasteiger partial charge in [0.25, 0.3) is 0 Å². The summed E-state index contributed by atoms with van der Waals surface area (Å²) in [4.78, 5) is 15.0.